The summed E-state index contributed by atoms with van der Waals surface area (Å²) in [5.41, 5.74) is 1.25. The van der Waals surface area contributed by atoms with E-state index >= 15 is 0 Å². The highest BCUT2D eigenvalue weighted by Crippen LogP contribution is 2.15. The molecule has 2 aromatic rings. The molecular formula is C19H29IN6. The van der Waals surface area contributed by atoms with Crippen LogP contribution in [0.3, 0.4) is 0 Å². The van der Waals surface area contributed by atoms with Crippen LogP contribution in [0.1, 0.15) is 42.9 Å². The number of nitrogens with one attached hydrogen (secondary N) is 2. The first kappa shape index (κ1) is 20.7. The van der Waals surface area contributed by atoms with E-state index in [1.807, 2.05) is 6.07 Å². The van der Waals surface area contributed by atoms with Crippen molar-refractivity contribution in [3.8, 4) is 0 Å². The van der Waals surface area contributed by atoms with Gasteiger partial charge in [0.1, 0.15) is 11.6 Å². The average Bonchev–Trinajstić information content (AvgIpc) is 2.88. The van der Waals surface area contributed by atoms with Crippen molar-refractivity contribution in [2.24, 2.45) is 4.99 Å². The lowest BCUT2D eigenvalue weighted by Crippen LogP contribution is -2.37. The lowest BCUT2D eigenvalue weighted by atomic mass is 10.2. The molecule has 1 aromatic heterocycles. The van der Waals surface area contributed by atoms with E-state index in [0.717, 1.165) is 50.7 Å². The Balaban J connectivity index is 0.00000243. The van der Waals surface area contributed by atoms with E-state index in [0.29, 0.717) is 0 Å². The van der Waals surface area contributed by atoms with Crippen molar-refractivity contribution < 1.29 is 0 Å². The van der Waals surface area contributed by atoms with Gasteiger partial charge in [0.05, 0.1) is 0 Å². The predicted octanol–water partition coefficient (Wildman–Crippen LogP) is 2.92. The summed E-state index contributed by atoms with van der Waals surface area (Å²) in [4.78, 5) is 4.28. The lowest BCUT2D eigenvalue weighted by molar-refractivity contribution is 0.594. The number of halogens is 1. The van der Waals surface area contributed by atoms with E-state index in [-0.39, 0.29) is 24.0 Å². The Kier molecular flexibility index (Phi) is 8.87. The van der Waals surface area contributed by atoms with Crippen molar-refractivity contribution >= 4 is 29.9 Å². The minimum atomic E-state index is 0. The zero-order valence-corrected chi connectivity index (χ0v) is 17.8. The van der Waals surface area contributed by atoms with E-state index in [4.69, 9.17) is 0 Å². The maximum absolute atomic E-state index is 4.39. The zero-order valence-electron chi connectivity index (χ0n) is 15.4. The second kappa shape index (κ2) is 11.2. The third kappa shape index (κ3) is 5.96. The van der Waals surface area contributed by atoms with Crippen LogP contribution in [-0.2, 0) is 25.9 Å². The molecule has 0 bridgehead atoms. The monoisotopic (exact) mass is 468 g/mol. The molecule has 0 aliphatic carbocycles. The van der Waals surface area contributed by atoms with Crippen LogP contribution in [0.15, 0.2) is 35.3 Å². The molecule has 3 rings (SSSR count). The van der Waals surface area contributed by atoms with Gasteiger partial charge in [0, 0.05) is 39.5 Å². The molecule has 0 saturated heterocycles. The Morgan fingerprint density at radius 1 is 1.12 bits per heavy atom. The molecule has 1 aromatic carbocycles. The van der Waals surface area contributed by atoms with Gasteiger partial charge in [-0.25, -0.2) is 0 Å². The first-order valence-corrected chi connectivity index (χ1v) is 9.26. The molecule has 0 unspecified atom stereocenters. The summed E-state index contributed by atoms with van der Waals surface area (Å²) < 4.78 is 2.33. The van der Waals surface area contributed by atoms with Gasteiger partial charge in [0.2, 0.25) is 0 Å². The minimum Gasteiger partial charge on any atom is -0.356 e. The first-order chi connectivity index (χ1) is 12.4. The van der Waals surface area contributed by atoms with Gasteiger partial charge in [-0.2, -0.15) is 0 Å². The lowest BCUT2D eigenvalue weighted by Gasteiger charge is -2.12. The number of hydrogen-bond acceptors (Lipinski definition) is 3. The summed E-state index contributed by atoms with van der Waals surface area (Å²) in [6.07, 6.45) is 6.82. The van der Waals surface area contributed by atoms with Gasteiger partial charge in [-0.15, -0.1) is 34.2 Å². The number of hydrogen-bond donors (Lipinski definition) is 2. The second-order valence-corrected chi connectivity index (χ2v) is 6.44. The average molecular weight is 468 g/mol. The maximum atomic E-state index is 4.39. The fourth-order valence-corrected chi connectivity index (χ4v) is 3.19. The van der Waals surface area contributed by atoms with Gasteiger partial charge in [0.25, 0.3) is 0 Å². The number of aromatic nitrogens is 3. The molecule has 1 aliphatic rings. The fraction of sp³-hybridized carbons (Fsp3) is 0.526. The van der Waals surface area contributed by atoms with Crippen LogP contribution in [-0.4, -0.2) is 34.3 Å². The van der Waals surface area contributed by atoms with Gasteiger partial charge < -0.3 is 15.2 Å². The smallest absolute Gasteiger partial charge is 0.191 e. The Hall–Kier alpha value is -1.64. The van der Waals surface area contributed by atoms with Gasteiger partial charge in [-0.05, 0) is 24.8 Å². The summed E-state index contributed by atoms with van der Waals surface area (Å²) in [7, 11) is 1.80. The van der Waals surface area contributed by atoms with E-state index in [9.17, 15) is 0 Å². The molecule has 0 radical (unpaired) electrons. The highest BCUT2D eigenvalue weighted by Gasteiger charge is 2.14. The Morgan fingerprint density at radius 3 is 2.77 bits per heavy atom. The maximum Gasteiger partial charge on any atom is 0.191 e. The van der Waals surface area contributed by atoms with Crippen molar-refractivity contribution in [2.45, 2.75) is 51.6 Å². The van der Waals surface area contributed by atoms with E-state index in [1.54, 1.807) is 7.05 Å². The SMILES string of the molecule is CN=C(NCCCc1nnc2n1CCCCC2)NCc1ccccc1.I. The summed E-state index contributed by atoms with van der Waals surface area (Å²) >= 11 is 0. The quantitative estimate of drug-likeness (QED) is 0.296. The van der Waals surface area contributed by atoms with E-state index in [2.05, 4.69) is 54.7 Å². The standard InChI is InChI=1S/C19H28N6.HI/c1-20-19(22-15-16-9-4-2-5-10-16)21-13-8-12-18-24-23-17-11-6-3-7-14-25(17)18;/h2,4-5,9-10H,3,6-8,11-15H2,1H3,(H2,20,21,22);1H. The molecule has 0 saturated carbocycles. The summed E-state index contributed by atoms with van der Waals surface area (Å²) in [6, 6.07) is 10.3. The highest BCUT2D eigenvalue weighted by atomic mass is 127. The summed E-state index contributed by atoms with van der Waals surface area (Å²) in [6.45, 7) is 2.72. The molecule has 2 heterocycles. The van der Waals surface area contributed by atoms with Gasteiger partial charge >= 0.3 is 0 Å². The van der Waals surface area contributed by atoms with Crippen molar-refractivity contribution in [3.63, 3.8) is 0 Å². The first-order valence-electron chi connectivity index (χ1n) is 9.26. The van der Waals surface area contributed by atoms with Crippen molar-refractivity contribution in [1.29, 1.82) is 0 Å². The van der Waals surface area contributed by atoms with Crippen LogP contribution in [0.5, 0.6) is 0 Å². The number of aryl methyl sites for hydroxylation is 2. The van der Waals surface area contributed by atoms with Crippen LogP contribution in [0.4, 0.5) is 0 Å². The highest BCUT2D eigenvalue weighted by molar-refractivity contribution is 14.0. The topological polar surface area (TPSA) is 67.1 Å². The third-order valence-electron chi connectivity index (χ3n) is 4.58. The van der Waals surface area contributed by atoms with Crippen LogP contribution in [0.25, 0.3) is 0 Å². The third-order valence-corrected chi connectivity index (χ3v) is 4.58. The molecule has 0 amide bonds. The molecular weight excluding hydrogens is 439 g/mol. The molecule has 0 fully saturated rings. The minimum absolute atomic E-state index is 0. The van der Waals surface area contributed by atoms with Crippen molar-refractivity contribution in [1.82, 2.24) is 25.4 Å². The Labute approximate surface area is 172 Å². The van der Waals surface area contributed by atoms with Crippen LogP contribution in [0, 0.1) is 0 Å². The number of guanidine groups is 1. The van der Waals surface area contributed by atoms with Gasteiger partial charge in [-0.3, -0.25) is 4.99 Å². The molecule has 142 valence electrons. The molecule has 0 atom stereocenters. The van der Waals surface area contributed by atoms with Gasteiger partial charge in [-0.1, -0.05) is 36.8 Å². The molecule has 1 aliphatic heterocycles. The number of rotatable bonds is 6. The summed E-state index contributed by atoms with van der Waals surface area (Å²) in [5.74, 6) is 3.13. The van der Waals surface area contributed by atoms with Crippen LogP contribution < -0.4 is 10.6 Å². The molecule has 7 heteroatoms. The number of benzene rings is 1. The molecule has 2 N–H and O–H groups in total. The molecule has 0 spiro atoms. The van der Waals surface area contributed by atoms with Crippen molar-refractivity contribution in [3.05, 3.63) is 47.5 Å². The fourth-order valence-electron chi connectivity index (χ4n) is 3.19. The van der Waals surface area contributed by atoms with E-state index < -0.39 is 0 Å². The molecule has 26 heavy (non-hydrogen) atoms. The molecule has 6 nitrogen and oxygen atoms in total. The number of nitrogens with zero attached hydrogens (tertiary/aromatic N) is 4. The van der Waals surface area contributed by atoms with Crippen LogP contribution >= 0.6 is 24.0 Å². The predicted molar refractivity (Wildman–Crippen MR) is 116 cm³/mol. The van der Waals surface area contributed by atoms with E-state index in [1.165, 1.54) is 30.7 Å². The van der Waals surface area contributed by atoms with Gasteiger partial charge in [0.15, 0.2) is 5.96 Å². The summed E-state index contributed by atoms with van der Waals surface area (Å²) in [5, 5.41) is 15.5. The Morgan fingerprint density at radius 2 is 1.96 bits per heavy atom. The van der Waals surface area contributed by atoms with Crippen LogP contribution in [0.2, 0.25) is 0 Å². The second-order valence-electron chi connectivity index (χ2n) is 6.44. The Bertz CT molecular complexity index is 683. The number of fused-ring (bicyclic) bond motifs is 1. The van der Waals surface area contributed by atoms with Crippen molar-refractivity contribution in [2.75, 3.05) is 13.6 Å². The number of aliphatic imine (C=N–C) groups is 1. The normalized spacial score (nSPS) is 14.1. The zero-order chi connectivity index (χ0) is 17.3. The largest absolute Gasteiger partial charge is 0.356 e.